The number of hydrogen-bond acceptors (Lipinski definition) is 4. The van der Waals surface area contributed by atoms with Gasteiger partial charge in [-0.2, -0.15) is 0 Å². The molecular weight excluding hydrogens is 226 g/mol. The number of nitrogens with zero attached hydrogens (tertiary/aromatic N) is 2. The van der Waals surface area contributed by atoms with Gasteiger partial charge in [-0.25, -0.2) is 0 Å². The molecule has 0 saturated carbocycles. The standard InChI is InChI=1S/C14H29N3O/c1-5-15-12-6-9-18-10-13(12)17-8-7-16(4)14(2,3)11-17/h12-13,15H,5-11H2,1-4H3. The Hall–Kier alpha value is -0.160. The molecule has 0 aromatic heterocycles. The average Bonchev–Trinajstić information content (AvgIpc) is 2.34. The first-order valence-electron chi connectivity index (χ1n) is 7.31. The monoisotopic (exact) mass is 255 g/mol. The molecule has 18 heavy (non-hydrogen) atoms. The van der Waals surface area contributed by atoms with Crippen molar-refractivity contribution in [1.82, 2.24) is 15.1 Å². The van der Waals surface area contributed by atoms with E-state index in [2.05, 4.69) is 42.9 Å². The van der Waals surface area contributed by atoms with E-state index in [1.54, 1.807) is 0 Å². The lowest BCUT2D eigenvalue weighted by Gasteiger charge is -2.50. The second kappa shape index (κ2) is 5.87. The Morgan fingerprint density at radius 2 is 2.11 bits per heavy atom. The third kappa shape index (κ3) is 3.05. The lowest BCUT2D eigenvalue weighted by molar-refractivity contribution is -0.0469. The van der Waals surface area contributed by atoms with Gasteiger partial charge in [-0.05, 0) is 33.9 Å². The molecule has 2 heterocycles. The van der Waals surface area contributed by atoms with Crippen molar-refractivity contribution >= 4 is 0 Å². The van der Waals surface area contributed by atoms with Crippen molar-refractivity contribution in [2.75, 3.05) is 46.4 Å². The molecule has 0 aliphatic carbocycles. The van der Waals surface area contributed by atoms with Gasteiger partial charge in [0, 0.05) is 43.9 Å². The SMILES string of the molecule is CCNC1CCOCC1N1CCN(C)C(C)(C)C1. The van der Waals surface area contributed by atoms with Gasteiger partial charge in [-0.3, -0.25) is 9.80 Å². The van der Waals surface area contributed by atoms with Crippen molar-refractivity contribution in [3.63, 3.8) is 0 Å². The molecule has 0 radical (unpaired) electrons. The first kappa shape index (κ1) is 14.3. The molecule has 2 fully saturated rings. The third-order valence-corrected chi connectivity index (χ3v) is 4.61. The minimum Gasteiger partial charge on any atom is -0.380 e. The maximum atomic E-state index is 5.71. The van der Waals surface area contributed by atoms with Gasteiger partial charge in [0.2, 0.25) is 0 Å². The molecule has 0 spiro atoms. The van der Waals surface area contributed by atoms with E-state index < -0.39 is 0 Å². The van der Waals surface area contributed by atoms with Gasteiger partial charge < -0.3 is 10.1 Å². The normalized spacial score (nSPS) is 34.7. The number of ether oxygens (including phenoxy) is 1. The summed E-state index contributed by atoms with van der Waals surface area (Å²) in [6.45, 7) is 13.2. The average molecular weight is 255 g/mol. The van der Waals surface area contributed by atoms with Crippen molar-refractivity contribution in [2.24, 2.45) is 0 Å². The molecule has 0 amide bonds. The lowest BCUT2D eigenvalue weighted by Crippen LogP contribution is -2.64. The fourth-order valence-electron chi connectivity index (χ4n) is 3.14. The van der Waals surface area contributed by atoms with Gasteiger partial charge in [-0.1, -0.05) is 6.92 Å². The Labute approximate surface area is 112 Å². The van der Waals surface area contributed by atoms with E-state index in [-0.39, 0.29) is 5.54 Å². The highest BCUT2D eigenvalue weighted by atomic mass is 16.5. The molecule has 2 atom stereocenters. The topological polar surface area (TPSA) is 27.7 Å². The van der Waals surface area contributed by atoms with Gasteiger partial charge in [-0.15, -0.1) is 0 Å². The first-order chi connectivity index (χ1) is 8.54. The quantitative estimate of drug-likeness (QED) is 0.806. The highest BCUT2D eigenvalue weighted by Gasteiger charge is 2.37. The first-order valence-corrected chi connectivity index (χ1v) is 7.31. The predicted molar refractivity (Wildman–Crippen MR) is 75.0 cm³/mol. The van der Waals surface area contributed by atoms with Crippen LogP contribution in [0.1, 0.15) is 27.2 Å². The molecule has 2 aliphatic heterocycles. The van der Waals surface area contributed by atoms with Crippen LogP contribution in [0.15, 0.2) is 0 Å². The van der Waals surface area contributed by atoms with Crippen molar-refractivity contribution in [3.05, 3.63) is 0 Å². The van der Waals surface area contributed by atoms with E-state index in [4.69, 9.17) is 4.74 Å². The Bertz CT molecular complexity index is 268. The number of likely N-dealkylation sites (N-methyl/N-ethyl adjacent to an activating group) is 2. The van der Waals surface area contributed by atoms with E-state index in [0.29, 0.717) is 12.1 Å². The third-order valence-electron chi connectivity index (χ3n) is 4.61. The maximum Gasteiger partial charge on any atom is 0.0637 e. The summed E-state index contributed by atoms with van der Waals surface area (Å²) in [4.78, 5) is 5.10. The van der Waals surface area contributed by atoms with E-state index in [9.17, 15) is 0 Å². The van der Waals surface area contributed by atoms with Crippen LogP contribution in [0.3, 0.4) is 0 Å². The van der Waals surface area contributed by atoms with Crippen LogP contribution in [0.5, 0.6) is 0 Å². The second-order valence-corrected chi connectivity index (χ2v) is 6.30. The van der Waals surface area contributed by atoms with Crippen LogP contribution >= 0.6 is 0 Å². The summed E-state index contributed by atoms with van der Waals surface area (Å²) in [6.07, 6.45) is 1.14. The van der Waals surface area contributed by atoms with Crippen molar-refractivity contribution in [3.8, 4) is 0 Å². The second-order valence-electron chi connectivity index (χ2n) is 6.30. The van der Waals surface area contributed by atoms with Crippen molar-refractivity contribution < 1.29 is 4.74 Å². The zero-order valence-electron chi connectivity index (χ0n) is 12.4. The zero-order valence-corrected chi connectivity index (χ0v) is 12.4. The molecule has 4 nitrogen and oxygen atoms in total. The summed E-state index contributed by atoms with van der Waals surface area (Å²) in [5, 5.41) is 3.64. The Kier molecular flexibility index (Phi) is 4.64. The molecule has 2 aliphatic rings. The van der Waals surface area contributed by atoms with E-state index in [1.807, 2.05) is 0 Å². The van der Waals surface area contributed by atoms with Gasteiger partial charge in [0.1, 0.15) is 0 Å². The summed E-state index contributed by atoms with van der Waals surface area (Å²) in [5.41, 5.74) is 0.270. The van der Waals surface area contributed by atoms with Crippen LogP contribution < -0.4 is 5.32 Å². The zero-order chi connectivity index (χ0) is 13.2. The molecule has 1 N–H and O–H groups in total. The lowest BCUT2D eigenvalue weighted by atomic mass is 9.94. The van der Waals surface area contributed by atoms with Crippen LogP contribution in [-0.4, -0.2) is 73.9 Å². The Morgan fingerprint density at radius 3 is 2.78 bits per heavy atom. The molecule has 0 aromatic carbocycles. The number of hydrogen-bond donors (Lipinski definition) is 1. The molecule has 0 bridgehead atoms. The van der Waals surface area contributed by atoms with Crippen molar-refractivity contribution in [2.45, 2.75) is 44.8 Å². The number of nitrogens with one attached hydrogen (secondary N) is 1. The fraction of sp³-hybridized carbons (Fsp3) is 1.00. The van der Waals surface area contributed by atoms with Crippen molar-refractivity contribution in [1.29, 1.82) is 0 Å². The smallest absolute Gasteiger partial charge is 0.0637 e. The van der Waals surface area contributed by atoms with E-state index in [0.717, 1.165) is 45.8 Å². The van der Waals surface area contributed by atoms with E-state index in [1.165, 1.54) is 0 Å². The van der Waals surface area contributed by atoms with Crippen LogP contribution in [0.4, 0.5) is 0 Å². The predicted octanol–water partition coefficient (Wildman–Crippen LogP) is 0.779. The molecule has 2 rings (SSSR count). The van der Waals surface area contributed by atoms with Crippen LogP contribution in [0.2, 0.25) is 0 Å². The van der Waals surface area contributed by atoms with Gasteiger partial charge in [0.05, 0.1) is 6.61 Å². The van der Waals surface area contributed by atoms with Crippen LogP contribution in [0.25, 0.3) is 0 Å². The minimum absolute atomic E-state index is 0.270. The highest BCUT2D eigenvalue weighted by Crippen LogP contribution is 2.23. The Balaban J connectivity index is 2.00. The van der Waals surface area contributed by atoms with Gasteiger partial charge >= 0.3 is 0 Å². The largest absolute Gasteiger partial charge is 0.380 e. The molecule has 4 heteroatoms. The Morgan fingerprint density at radius 1 is 1.33 bits per heavy atom. The van der Waals surface area contributed by atoms with Crippen LogP contribution in [0, 0.1) is 0 Å². The van der Waals surface area contributed by atoms with Gasteiger partial charge in [0.25, 0.3) is 0 Å². The molecule has 0 aromatic rings. The molecule has 106 valence electrons. The summed E-state index contributed by atoms with van der Waals surface area (Å²) >= 11 is 0. The molecular formula is C14H29N3O. The number of rotatable bonds is 3. The molecule has 2 saturated heterocycles. The summed E-state index contributed by atoms with van der Waals surface area (Å²) in [7, 11) is 2.23. The number of piperazine rings is 1. The fourth-order valence-corrected chi connectivity index (χ4v) is 3.14. The molecule has 2 unspecified atom stereocenters. The summed E-state index contributed by atoms with van der Waals surface area (Å²) in [6, 6.07) is 1.15. The van der Waals surface area contributed by atoms with Crippen LogP contribution in [-0.2, 0) is 4.74 Å². The summed E-state index contributed by atoms with van der Waals surface area (Å²) < 4.78 is 5.71. The summed E-state index contributed by atoms with van der Waals surface area (Å²) in [5.74, 6) is 0. The van der Waals surface area contributed by atoms with Gasteiger partial charge in [0.15, 0.2) is 0 Å². The highest BCUT2D eigenvalue weighted by molar-refractivity contribution is 4.95. The maximum absolute atomic E-state index is 5.71. The minimum atomic E-state index is 0.270. The van der Waals surface area contributed by atoms with E-state index >= 15 is 0 Å².